The Balaban J connectivity index is 0.000000775. The molecule has 2 aromatic rings. The number of rotatable bonds is 4. The van der Waals surface area contributed by atoms with Crippen LogP contribution in [0.25, 0.3) is 0 Å². The van der Waals surface area contributed by atoms with Crippen molar-refractivity contribution in [1.29, 1.82) is 0 Å². The number of hydrogen-bond acceptors (Lipinski definition) is 7. The first kappa shape index (κ1) is 21.6. The maximum atomic E-state index is 12.5. The quantitative estimate of drug-likeness (QED) is 0.696. The number of ether oxygens (including phenoxy) is 4. The van der Waals surface area contributed by atoms with Crippen molar-refractivity contribution < 1.29 is 33.6 Å². The highest BCUT2D eigenvalue weighted by Gasteiger charge is 2.33. The van der Waals surface area contributed by atoms with E-state index in [9.17, 15) is 4.79 Å². The second-order valence-electron chi connectivity index (χ2n) is 7.66. The van der Waals surface area contributed by atoms with E-state index < -0.39 is 0 Å². The van der Waals surface area contributed by atoms with Gasteiger partial charge in [-0.2, -0.15) is 0 Å². The molecule has 170 valence electrons. The van der Waals surface area contributed by atoms with Gasteiger partial charge in [0.25, 0.3) is 6.47 Å². The van der Waals surface area contributed by atoms with E-state index in [1.807, 2.05) is 18.2 Å². The van der Waals surface area contributed by atoms with Gasteiger partial charge in [-0.3, -0.25) is 9.59 Å². The monoisotopic (exact) mass is 442 g/mol. The first-order chi connectivity index (χ1) is 15.6. The Morgan fingerprint density at radius 3 is 2.34 bits per heavy atom. The summed E-state index contributed by atoms with van der Waals surface area (Å²) in [5, 5.41) is 9.90. The molecule has 3 aliphatic heterocycles. The van der Waals surface area contributed by atoms with Gasteiger partial charge in [-0.05, 0) is 30.5 Å². The van der Waals surface area contributed by atoms with E-state index in [1.54, 1.807) is 14.2 Å². The van der Waals surface area contributed by atoms with Gasteiger partial charge >= 0.3 is 0 Å². The van der Waals surface area contributed by atoms with Crippen LogP contribution in [0.5, 0.6) is 23.0 Å². The van der Waals surface area contributed by atoms with Crippen LogP contribution >= 0.6 is 0 Å². The first-order valence-electron chi connectivity index (χ1n) is 10.4. The summed E-state index contributed by atoms with van der Waals surface area (Å²) in [7, 11) is 3.30. The molecule has 0 bridgehead atoms. The van der Waals surface area contributed by atoms with Crippen LogP contribution in [0.4, 0.5) is 11.4 Å². The zero-order valence-electron chi connectivity index (χ0n) is 18.1. The lowest BCUT2D eigenvalue weighted by Gasteiger charge is -2.30. The summed E-state index contributed by atoms with van der Waals surface area (Å²) in [5.74, 6) is 2.65. The normalized spacial score (nSPS) is 18.2. The summed E-state index contributed by atoms with van der Waals surface area (Å²) in [4.78, 5) is 23.2. The number of benzene rings is 2. The van der Waals surface area contributed by atoms with Crippen LogP contribution in [0.15, 0.2) is 24.3 Å². The Bertz CT molecular complexity index is 1020. The fraction of sp³-hybridized carbons (Fsp3) is 0.391. The van der Waals surface area contributed by atoms with Crippen LogP contribution in [0, 0.1) is 0 Å². The third-order valence-electron chi connectivity index (χ3n) is 5.94. The molecule has 2 N–H and O–H groups in total. The highest BCUT2D eigenvalue weighted by Crippen LogP contribution is 2.48. The number of fused-ring (bicyclic) bond motifs is 2. The van der Waals surface area contributed by atoms with Crippen molar-refractivity contribution in [3.8, 4) is 23.0 Å². The first-order valence-corrected chi connectivity index (χ1v) is 10.4. The lowest BCUT2D eigenvalue weighted by molar-refractivity contribution is -0.123. The molecular formula is C23H26N2O7. The average molecular weight is 442 g/mol. The third-order valence-corrected chi connectivity index (χ3v) is 5.94. The van der Waals surface area contributed by atoms with Gasteiger partial charge in [0.1, 0.15) is 11.5 Å². The molecule has 3 heterocycles. The van der Waals surface area contributed by atoms with E-state index in [4.69, 9.17) is 28.8 Å². The highest BCUT2D eigenvalue weighted by atomic mass is 16.7. The number of nitrogens with one attached hydrogen (secondary N) is 1. The lowest BCUT2D eigenvalue weighted by Crippen LogP contribution is -2.25. The van der Waals surface area contributed by atoms with Gasteiger partial charge in [-0.15, -0.1) is 0 Å². The molecule has 3 aliphatic rings. The van der Waals surface area contributed by atoms with Crippen molar-refractivity contribution in [2.45, 2.75) is 25.2 Å². The molecular weight excluding hydrogens is 416 g/mol. The molecule has 0 aromatic heterocycles. The van der Waals surface area contributed by atoms with E-state index in [0.717, 1.165) is 41.3 Å². The molecule has 0 saturated carbocycles. The number of methoxy groups -OCH3 is 2. The molecule has 0 spiro atoms. The molecule has 0 radical (unpaired) electrons. The molecule has 32 heavy (non-hydrogen) atoms. The minimum atomic E-state index is -0.250. The van der Waals surface area contributed by atoms with Crippen LogP contribution in [0.3, 0.4) is 0 Å². The maximum absolute atomic E-state index is 12.5. The van der Waals surface area contributed by atoms with Crippen LogP contribution in [0.2, 0.25) is 0 Å². The van der Waals surface area contributed by atoms with Gasteiger partial charge in [-0.25, -0.2) is 0 Å². The van der Waals surface area contributed by atoms with E-state index in [1.165, 1.54) is 12.8 Å². The smallest absolute Gasteiger partial charge is 0.290 e. The van der Waals surface area contributed by atoms with Crippen LogP contribution < -0.4 is 29.2 Å². The van der Waals surface area contributed by atoms with E-state index in [0.29, 0.717) is 23.7 Å². The topological polar surface area (TPSA) is 107 Å². The van der Waals surface area contributed by atoms with Crippen molar-refractivity contribution in [3.63, 3.8) is 0 Å². The van der Waals surface area contributed by atoms with Gasteiger partial charge in [0.05, 0.1) is 19.9 Å². The van der Waals surface area contributed by atoms with Crippen molar-refractivity contribution in [1.82, 2.24) is 0 Å². The second-order valence-corrected chi connectivity index (χ2v) is 7.66. The fourth-order valence-corrected chi connectivity index (χ4v) is 4.51. The summed E-state index contributed by atoms with van der Waals surface area (Å²) in [6.07, 6.45) is 2.70. The van der Waals surface area contributed by atoms with Gasteiger partial charge in [0.15, 0.2) is 11.5 Å². The van der Waals surface area contributed by atoms with Crippen molar-refractivity contribution >= 4 is 23.8 Å². The van der Waals surface area contributed by atoms with Crippen molar-refractivity contribution in [3.05, 3.63) is 35.4 Å². The summed E-state index contributed by atoms with van der Waals surface area (Å²) in [6, 6.07) is 7.88. The minimum Gasteiger partial charge on any atom is -0.496 e. The van der Waals surface area contributed by atoms with E-state index in [-0.39, 0.29) is 25.1 Å². The zero-order valence-corrected chi connectivity index (χ0v) is 18.1. The third kappa shape index (κ3) is 3.98. The number of hydrogen-bond donors (Lipinski definition) is 2. The molecule has 2 aromatic carbocycles. The van der Waals surface area contributed by atoms with E-state index >= 15 is 0 Å². The zero-order chi connectivity index (χ0) is 22.7. The predicted octanol–water partition coefficient (Wildman–Crippen LogP) is 3.21. The number of carbonyl (C=O) groups excluding carboxylic acids is 1. The Labute approximate surface area is 185 Å². The number of amides is 1. The number of carboxylic acid groups (broad SMARTS) is 1. The van der Waals surface area contributed by atoms with Crippen LogP contribution in [0.1, 0.15) is 36.3 Å². The predicted molar refractivity (Wildman–Crippen MR) is 117 cm³/mol. The fourth-order valence-electron chi connectivity index (χ4n) is 4.51. The van der Waals surface area contributed by atoms with Crippen LogP contribution in [-0.4, -0.2) is 51.6 Å². The number of carbonyl (C=O) groups is 2. The van der Waals surface area contributed by atoms with Gasteiger partial charge in [-0.1, -0.05) is 0 Å². The summed E-state index contributed by atoms with van der Waals surface area (Å²) in [6.45, 7) is 1.97. The van der Waals surface area contributed by atoms with Gasteiger partial charge in [0.2, 0.25) is 12.7 Å². The Hall–Kier alpha value is -3.62. The number of nitrogens with zero attached hydrogens (tertiary/aromatic N) is 1. The molecule has 1 atom stereocenters. The molecule has 1 fully saturated rings. The average Bonchev–Trinajstić information content (AvgIpc) is 3.49. The van der Waals surface area contributed by atoms with E-state index in [2.05, 4.69) is 16.3 Å². The molecule has 9 nitrogen and oxygen atoms in total. The van der Waals surface area contributed by atoms with Crippen molar-refractivity contribution in [2.75, 3.05) is 44.3 Å². The summed E-state index contributed by atoms with van der Waals surface area (Å²) < 4.78 is 22.4. The SMILES string of the molecule is COc1cc2c(cc1C1CC(=O)Nc3cc(OC)c(N4CCCC4)cc31)OCO2.O=CO. The van der Waals surface area contributed by atoms with Gasteiger partial charge in [0, 0.05) is 48.8 Å². The Morgan fingerprint density at radius 1 is 1.03 bits per heavy atom. The minimum absolute atomic E-state index is 0.0294. The molecule has 0 aliphatic carbocycles. The summed E-state index contributed by atoms with van der Waals surface area (Å²) >= 11 is 0. The second kappa shape index (κ2) is 9.25. The highest BCUT2D eigenvalue weighted by molar-refractivity contribution is 5.96. The molecule has 1 saturated heterocycles. The molecule has 9 heteroatoms. The van der Waals surface area contributed by atoms with Crippen LogP contribution in [-0.2, 0) is 9.59 Å². The molecule has 1 unspecified atom stereocenters. The van der Waals surface area contributed by atoms with Gasteiger partial charge < -0.3 is 34.3 Å². The lowest BCUT2D eigenvalue weighted by atomic mass is 9.83. The Kier molecular flexibility index (Phi) is 6.25. The summed E-state index contributed by atoms with van der Waals surface area (Å²) in [5.41, 5.74) is 3.84. The molecule has 5 rings (SSSR count). The maximum Gasteiger partial charge on any atom is 0.290 e. The standard InChI is InChI=1S/C22H24N2O5.CH2O2/c1-26-18-11-21-20(28-12-29-21)8-15(18)13-9-22(25)23-16-10-19(27-2)17(7-14(13)16)24-5-3-4-6-24;2-1-3/h7-8,10-11,13H,3-6,9,12H2,1-2H3,(H,23,25);1H,(H,2,3). The largest absolute Gasteiger partial charge is 0.496 e. The number of anilines is 2. The van der Waals surface area contributed by atoms with Crippen molar-refractivity contribution in [2.24, 2.45) is 0 Å². The molecule has 1 amide bonds. The Morgan fingerprint density at radius 2 is 1.69 bits per heavy atom.